The summed E-state index contributed by atoms with van der Waals surface area (Å²) in [5.74, 6) is 2.98. The Kier molecular flexibility index (Phi) is 7.20. The quantitative estimate of drug-likeness (QED) is 0.312. The minimum Gasteiger partial charge on any atom is -0.370 e. The SMILES string of the molecule is CSc1nnc(CCCNC(N)=NCC2CCC2)n1CC(C)C. The predicted molar refractivity (Wildman–Crippen MR) is 96.8 cm³/mol. The van der Waals surface area contributed by atoms with Gasteiger partial charge in [0, 0.05) is 26.1 Å². The van der Waals surface area contributed by atoms with Crippen LogP contribution in [0.15, 0.2) is 10.1 Å². The summed E-state index contributed by atoms with van der Waals surface area (Å²) in [5.41, 5.74) is 5.90. The van der Waals surface area contributed by atoms with E-state index in [-0.39, 0.29) is 0 Å². The summed E-state index contributed by atoms with van der Waals surface area (Å²) in [6, 6.07) is 0. The molecule has 23 heavy (non-hydrogen) atoms. The third-order valence-electron chi connectivity index (χ3n) is 4.15. The van der Waals surface area contributed by atoms with Gasteiger partial charge < -0.3 is 15.6 Å². The Morgan fingerprint density at radius 2 is 2.22 bits per heavy atom. The number of rotatable bonds is 9. The summed E-state index contributed by atoms with van der Waals surface area (Å²) in [6.07, 6.45) is 7.89. The van der Waals surface area contributed by atoms with Gasteiger partial charge in [-0.15, -0.1) is 10.2 Å². The molecule has 1 aliphatic carbocycles. The summed E-state index contributed by atoms with van der Waals surface area (Å²) in [4.78, 5) is 4.41. The first-order chi connectivity index (χ1) is 11.1. The minimum atomic E-state index is 0.574. The van der Waals surface area contributed by atoms with Crippen LogP contribution in [0.5, 0.6) is 0 Å². The average Bonchev–Trinajstić information content (AvgIpc) is 2.83. The van der Waals surface area contributed by atoms with E-state index >= 15 is 0 Å². The Morgan fingerprint density at radius 1 is 1.43 bits per heavy atom. The van der Waals surface area contributed by atoms with Gasteiger partial charge in [-0.05, 0) is 37.4 Å². The first-order valence-corrected chi connectivity index (χ1v) is 9.82. The molecule has 0 bridgehead atoms. The van der Waals surface area contributed by atoms with E-state index in [9.17, 15) is 0 Å². The fraction of sp³-hybridized carbons (Fsp3) is 0.812. The van der Waals surface area contributed by atoms with Crippen LogP contribution in [0.4, 0.5) is 0 Å². The molecule has 1 fully saturated rings. The van der Waals surface area contributed by atoms with Crippen molar-refractivity contribution in [2.75, 3.05) is 19.3 Å². The highest BCUT2D eigenvalue weighted by Crippen LogP contribution is 2.26. The summed E-state index contributed by atoms with van der Waals surface area (Å²) < 4.78 is 2.24. The summed E-state index contributed by atoms with van der Waals surface area (Å²) in [5, 5.41) is 12.8. The number of hydrogen-bond donors (Lipinski definition) is 2. The monoisotopic (exact) mass is 338 g/mol. The third-order valence-corrected chi connectivity index (χ3v) is 4.82. The summed E-state index contributed by atoms with van der Waals surface area (Å²) in [6.45, 7) is 7.10. The number of aryl methyl sites for hydroxylation is 1. The van der Waals surface area contributed by atoms with Crippen molar-refractivity contribution in [3.8, 4) is 0 Å². The molecule has 1 heterocycles. The van der Waals surface area contributed by atoms with Crippen molar-refractivity contribution in [3.05, 3.63) is 5.82 Å². The maximum atomic E-state index is 5.90. The largest absolute Gasteiger partial charge is 0.370 e. The lowest BCUT2D eigenvalue weighted by atomic mass is 9.86. The normalized spacial score (nSPS) is 15.9. The van der Waals surface area contributed by atoms with Gasteiger partial charge >= 0.3 is 0 Å². The average molecular weight is 339 g/mol. The number of guanidine groups is 1. The highest BCUT2D eigenvalue weighted by Gasteiger charge is 2.16. The molecule has 0 radical (unpaired) electrons. The maximum Gasteiger partial charge on any atom is 0.190 e. The zero-order valence-corrected chi connectivity index (χ0v) is 15.4. The Balaban J connectivity index is 1.73. The van der Waals surface area contributed by atoms with Gasteiger partial charge in [0.05, 0.1) is 0 Å². The lowest BCUT2D eigenvalue weighted by Gasteiger charge is -2.23. The van der Waals surface area contributed by atoms with Crippen molar-refractivity contribution >= 4 is 17.7 Å². The van der Waals surface area contributed by atoms with Gasteiger partial charge in [0.1, 0.15) is 5.82 Å². The van der Waals surface area contributed by atoms with Crippen molar-refractivity contribution < 1.29 is 0 Å². The van der Waals surface area contributed by atoms with Crippen LogP contribution in [0, 0.1) is 11.8 Å². The van der Waals surface area contributed by atoms with Gasteiger partial charge in [-0.25, -0.2) is 0 Å². The molecule has 130 valence electrons. The van der Waals surface area contributed by atoms with Gasteiger partial charge in [0.25, 0.3) is 0 Å². The maximum absolute atomic E-state index is 5.90. The van der Waals surface area contributed by atoms with Crippen LogP contribution >= 0.6 is 11.8 Å². The Morgan fingerprint density at radius 3 is 2.83 bits per heavy atom. The number of hydrogen-bond acceptors (Lipinski definition) is 4. The number of thioether (sulfide) groups is 1. The fourth-order valence-corrected chi connectivity index (χ4v) is 3.15. The van der Waals surface area contributed by atoms with Gasteiger partial charge in [-0.3, -0.25) is 4.99 Å². The second-order valence-electron chi connectivity index (χ2n) is 6.66. The Labute approximate surface area is 143 Å². The highest BCUT2D eigenvalue weighted by atomic mass is 32.2. The van der Waals surface area contributed by atoms with Crippen LogP contribution in [0.3, 0.4) is 0 Å². The second kappa shape index (κ2) is 9.15. The number of aliphatic imine (C=N–C) groups is 1. The molecule has 0 atom stereocenters. The molecule has 0 aliphatic heterocycles. The fourth-order valence-electron chi connectivity index (χ4n) is 2.63. The van der Waals surface area contributed by atoms with Gasteiger partial charge in [-0.1, -0.05) is 32.0 Å². The minimum absolute atomic E-state index is 0.574. The molecule has 7 heteroatoms. The van der Waals surface area contributed by atoms with Crippen molar-refractivity contribution in [1.29, 1.82) is 0 Å². The van der Waals surface area contributed by atoms with Crippen LogP contribution in [0.1, 0.15) is 45.4 Å². The Hall–Kier alpha value is -1.24. The van der Waals surface area contributed by atoms with Crippen molar-refractivity contribution in [2.24, 2.45) is 22.6 Å². The molecule has 1 aliphatic rings. The number of nitrogens with two attached hydrogens (primary N) is 1. The van der Waals surface area contributed by atoms with E-state index in [1.807, 2.05) is 6.26 Å². The molecule has 3 N–H and O–H groups in total. The zero-order chi connectivity index (χ0) is 16.7. The van der Waals surface area contributed by atoms with E-state index in [0.717, 1.165) is 49.4 Å². The first-order valence-electron chi connectivity index (χ1n) is 8.60. The van der Waals surface area contributed by atoms with Gasteiger partial charge in [0.2, 0.25) is 0 Å². The standard InChI is InChI=1S/C16H30N6S/c1-12(2)11-22-14(20-21-16(22)23-3)8-5-9-18-15(17)19-10-13-6-4-7-13/h12-13H,4-11H2,1-3H3,(H3,17,18,19). The number of nitrogens with one attached hydrogen (secondary N) is 1. The predicted octanol–water partition coefficient (Wildman–Crippen LogP) is 2.29. The lowest BCUT2D eigenvalue weighted by Crippen LogP contribution is -2.33. The molecule has 1 aromatic heterocycles. The molecule has 0 saturated heterocycles. The van der Waals surface area contributed by atoms with Crippen molar-refractivity contribution in [2.45, 2.75) is 57.7 Å². The zero-order valence-electron chi connectivity index (χ0n) is 14.6. The molecular formula is C16H30N6S. The topological polar surface area (TPSA) is 81.1 Å². The first kappa shape index (κ1) is 18.1. The summed E-state index contributed by atoms with van der Waals surface area (Å²) >= 11 is 1.65. The molecule has 2 rings (SSSR count). The van der Waals surface area contributed by atoms with E-state index < -0.39 is 0 Å². The van der Waals surface area contributed by atoms with Crippen LogP contribution in [-0.2, 0) is 13.0 Å². The van der Waals surface area contributed by atoms with Gasteiger partial charge in [0.15, 0.2) is 11.1 Å². The van der Waals surface area contributed by atoms with Crippen LogP contribution in [-0.4, -0.2) is 40.1 Å². The van der Waals surface area contributed by atoms with E-state index in [2.05, 4.69) is 38.9 Å². The molecule has 1 aromatic rings. The van der Waals surface area contributed by atoms with Crippen LogP contribution < -0.4 is 11.1 Å². The van der Waals surface area contributed by atoms with Crippen LogP contribution in [0.25, 0.3) is 0 Å². The molecule has 0 aromatic carbocycles. The molecule has 1 saturated carbocycles. The lowest BCUT2D eigenvalue weighted by molar-refractivity contribution is 0.326. The molecule has 0 unspecified atom stereocenters. The van der Waals surface area contributed by atoms with Crippen molar-refractivity contribution in [1.82, 2.24) is 20.1 Å². The number of nitrogens with zero attached hydrogens (tertiary/aromatic N) is 4. The molecule has 0 spiro atoms. The van der Waals surface area contributed by atoms with E-state index in [1.165, 1.54) is 19.3 Å². The van der Waals surface area contributed by atoms with E-state index in [1.54, 1.807) is 11.8 Å². The number of aromatic nitrogens is 3. The van der Waals surface area contributed by atoms with Crippen molar-refractivity contribution in [3.63, 3.8) is 0 Å². The van der Waals surface area contributed by atoms with Crippen LogP contribution in [0.2, 0.25) is 0 Å². The smallest absolute Gasteiger partial charge is 0.190 e. The van der Waals surface area contributed by atoms with E-state index in [0.29, 0.717) is 11.9 Å². The Bertz CT molecular complexity index is 507. The second-order valence-corrected chi connectivity index (χ2v) is 7.43. The molecule has 6 nitrogen and oxygen atoms in total. The molecular weight excluding hydrogens is 308 g/mol. The highest BCUT2D eigenvalue weighted by molar-refractivity contribution is 7.98. The van der Waals surface area contributed by atoms with E-state index in [4.69, 9.17) is 5.73 Å². The molecule has 0 amide bonds. The summed E-state index contributed by atoms with van der Waals surface area (Å²) in [7, 11) is 0. The van der Waals surface area contributed by atoms with Gasteiger partial charge in [-0.2, -0.15) is 0 Å². The third kappa shape index (κ3) is 5.71.